The van der Waals surface area contributed by atoms with E-state index >= 15 is 0 Å². The summed E-state index contributed by atoms with van der Waals surface area (Å²) < 4.78 is 7.82. The molecular weight excluding hydrogens is 448 g/mol. The van der Waals surface area contributed by atoms with Crippen LogP contribution in [-0.2, 0) is 6.54 Å². The Morgan fingerprint density at radius 1 is 1.17 bits per heavy atom. The molecule has 2 aromatic heterocycles. The molecule has 0 spiro atoms. The van der Waals surface area contributed by atoms with Crippen molar-refractivity contribution in [3.63, 3.8) is 0 Å². The summed E-state index contributed by atoms with van der Waals surface area (Å²) in [5.41, 5.74) is 5.30. The zero-order valence-electron chi connectivity index (χ0n) is 21.6. The Morgan fingerprint density at radius 3 is 2.89 bits per heavy atom. The molecule has 0 aliphatic heterocycles. The van der Waals surface area contributed by atoms with Crippen LogP contribution in [0.25, 0.3) is 22.4 Å². The number of rotatable bonds is 13. The summed E-state index contributed by atoms with van der Waals surface area (Å²) in [4.78, 5) is 17.4. The Morgan fingerprint density at radius 2 is 2.08 bits per heavy atom. The Bertz CT molecular complexity index is 1230. The number of allylic oxidation sites excluding steroid dienone is 4. The van der Waals surface area contributed by atoms with Crippen LogP contribution in [0.4, 0.5) is 0 Å². The molecule has 2 N–H and O–H groups in total. The van der Waals surface area contributed by atoms with Gasteiger partial charge in [0.1, 0.15) is 6.26 Å². The summed E-state index contributed by atoms with van der Waals surface area (Å²) >= 11 is 0. The highest BCUT2D eigenvalue weighted by atomic mass is 16.3. The number of nitrogens with zero attached hydrogens (tertiary/aromatic N) is 2. The lowest BCUT2D eigenvalue weighted by atomic mass is 10.0. The van der Waals surface area contributed by atoms with E-state index in [4.69, 9.17) is 4.42 Å². The highest BCUT2D eigenvalue weighted by molar-refractivity contribution is 6.03. The average molecular weight is 487 g/mol. The molecule has 1 aliphatic rings. The highest BCUT2D eigenvalue weighted by Crippen LogP contribution is 2.30. The van der Waals surface area contributed by atoms with Gasteiger partial charge in [-0.15, -0.1) is 0 Å². The molecule has 2 heterocycles. The number of unbranched alkanes of at least 4 members (excludes halogenated alkanes) is 2. The number of carbonyl (C=O) groups is 1. The number of aryl methyl sites for hydroxylation is 1. The lowest BCUT2D eigenvalue weighted by Crippen LogP contribution is -2.28. The van der Waals surface area contributed by atoms with E-state index < -0.39 is 0 Å². The van der Waals surface area contributed by atoms with E-state index in [0.717, 1.165) is 61.8 Å². The van der Waals surface area contributed by atoms with Crippen molar-refractivity contribution in [3.05, 3.63) is 77.9 Å². The van der Waals surface area contributed by atoms with Crippen molar-refractivity contribution in [2.24, 2.45) is 0 Å². The van der Waals surface area contributed by atoms with Crippen molar-refractivity contribution >= 4 is 16.8 Å². The largest absolute Gasteiger partial charge is 0.445 e. The monoisotopic (exact) mass is 486 g/mol. The molecule has 0 radical (unpaired) electrons. The number of hydrogen-bond acceptors (Lipinski definition) is 4. The van der Waals surface area contributed by atoms with Crippen LogP contribution in [-0.4, -0.2) is 35.1 Å². The fourth-order valence-electron chi connectivity index (χ4n) is 4.54. The smallest absolute Gasteiger partial charge is 0.251 e. The van der Waals surface area contributed by atoms with Gasteiger partial charge in [-0.25, -0.2) is 4.98 Å². The molecule has 6 heteroatoms. The van der Waals surface area contributed by atoms with Crippen LogP contribution in [0, 0.1) is 0 Å². The summed E-state index contributed by atoms with van der Waals surface area (Å²) in [5, 5.41) is 7.63. The maximum atomic E-state index is 13.1. The molecule has 0 saturated heterocycles. The molecule has 6 nitrogen and oxygen atoms in total. The molecule has 0 bridgehead atoms. The maximum absolute atomic E-state index is 13.1. The lowest BCUT2D eigenvalue weighted by Gasteiger charge is -2.11. The van der Waals surface area contributed by atoms with Crippen molar-refractivity contribution < 1.29 is 9.21 Å². The van der Waals surface area contributed by atoms with E-state index in [2.05, 4.69) is 70.6 Å². The van der Waals surface area contributed by atoms with Crippen LogP contribution in [0.2, 0.25) is 0 Å². The highest BCUT2D eigenvalue weighted by Gasteiger charge is 2.16. The first kappa shape index (κ1) is 25.7. The Balaban J connectivity index is 1.34. The molecule has 0 atom stereocenters. The van der Waals surface area contributed by atoms with E-state index in [9.17, 15) is 4.79 Å². The van der Waals surface area contributed by atoms with E-state index in [1.54, 1.807) is 12.5 Å². The SMILES string of the molecule is CCCCCn1ccc2c(-c3ncco3)cc(C(=O)NCCCNCC3=CCC(CC)=CC=C3)cc21. The minimum atomic E-state index is -0.0707. The van der Waals surface area contributed by atoms with Gasteiger partial charge < -0.3 is 19.6 Å². The molecule has 3 aromatic rings. The third-order valence-electron chi connectivity index (χ3n) is 6.68. The average Bonchev–Trinajstić information content (AvgIpc) is 3.52. The number of oxazole rings is 1. The van der Waals surface area contributed by atoms with Crippen LogP contribution in [0.3, 0.4) is 0 Å². The van der Waals surface area contributed by atoms with Gasteiger partial charge in [-0.05, 0) is 56.0 Å². The van der Waals surface area contributed by atoms with Crippen molar-refractivity contribution in [1.29, 1.82) is 0 Å². The predicted octanol–water partition coefficient (Wildman–Crippen LogP) is 6.42. The van der Waals surface area contributed by atoms with Gasteiger partial charge in [-0.1, -0.05) is 56.6 Å². The van der Waals surface area contributed by atoms with E-state index in [-0.39, 0.29) is 5.91 Å². The van der Waals surface area contributed by atoms with Gasteiger partial charge in [-0.3, -0.25) is 4.79 Å². The van der Waals surface area contributed by atoms with Crippen LogP contribution in [0.5, 0.6) is 0 Å². The second-order valence-corrected chi connectivity index (χ2v) is 9.32. The number of carbonyl (C=O) groups excluding carboxylic acids is 1. The third-order valence-corrected chi connectivity index (χ3v) is 6.68. The fourth-order valence-corrected chi connectivity index (χ4v) is 4.54. The fraction of sp³-hybridized carbons (Fsp3) is 0.400. The number of aromatic nitrogens is 2. The Kier molecular flexibility index (Phi) is 9.33. The molecular formula is C30H38N4O2. The summed E-state index contributed by atoms with van der Waals surface area (Å²) in [6.07, 6.45) is 20.6. The standard InChI is InChI=1S/C30H38N4O2/c1-3-5-6-17-34-18-13-26-27(30-33-16-19-36-30)20-25(21-28(26)34)29(35)32-15-8-14-31-22-24-10-7-9-23(4-2)11-12-24/h7,9-10,12-13,16,18-21,31H,3-6,8,11,14-15,17,22H2,1-2H3,(H,32,35). The minimum absolute atomic E-state index is 0.0707. The van der Waals surface area contributed by atoms with Gasteiger partial charge in [0.2, 0.25) is 5.89 Å². The topological polar surface area (TPSA) is 72.1 Å². The van der Waals surface area contributed by atoms with Gasteiger partial charge in [0.05, 0.1) is 6.20 Å². The van der Waals surface area contributed by atoms with Crippen molar-refractivity contribution in [3.8, 4) is 11.5 Å². The molecule has 1 aromatic carbocycles. The van der Waals surface area contributed by atoms with Gasteiger partial charge >= 0.3 is 0 Å². The summed E-state index contributed by atoms with van der Waals surface area (Å²) in [5.74, 6) is 0.465. The molecule has 190 valence electrons. The summed E-state index contributed by atoms with van der Waals surface area (Å²) in [6.45, 7) is 7.65. The predicted molar refractivity (Wildman–Crippen MR) is 147 cm³/mol. The van der Waals surface area contributed by atoms with Crippen LogP contribution < -0.4 is 10.6 Å². The zero-order valence-corrected chi connectivity index (χ0v) is 21.6. The minimum Gasteiger partial charge on any atom is -0.445 e. The second-order valence-electron chi connectivity index (χ2n) is 9.32. The number of benzene rings is 1. The molecule has 1 amide bonds. The number of fused-ring (bicyclic) bond motifs is 1. The van der Waals surface area contributed by atoms with Gasteiger partial charge in [0.15, 0.2) is 0 Å². The second kappa shape index (κ2) is 13.1. The molecule has 0 fully saturated rings. The first-order valence-electron chi connectivity index (χ1n) is 13.3. The zero-order chi connectivity index (χ0) is 25.2. The first-order valence-corrected chi connectivity index (χ1v) is 13.3. The molecule has 4 rings (SSSR count). The molecule has 0 unspecified atom stereocenters. The van der Waals surface area contributed by atoms with Gasteiger partial charge in [-0.2, -0.15) is 0 Å². The van der Waals surface area contributed by atoms with Crippen molar-refractivity contribution in [1.82, 2.24) is 20.2 Å². The summed E-state index contributed by atoms with van der Waals surface area (Å²) in [6, 6.07) is 5.97. The number of amides is 1. The Labute approximate surface area is 214 Å². The van der Waals surface area contributed by atoms with E-state index in [0.29, 0.717) is 18.0 Å². The van der Waals surface area contributed by atoms with Gasteiger partial charge in [0.25, 0.3) is 5.91 Å². The molecule has 1 aliphatic carbocycles. The van der Waals surface area contributed by atoms with Crippen molar-refractivity contribution in [2.75, 3.05) is 19.6 Å². The third kappa shape index (κ3) is 6.64. The number of nitrogens with one attached hydrogen (secondary N) is 2. The van der Waals surface area contributed by atoms with Crippen LogP contribution in [0.15, 0.2) is 76.7 Å². The maximum Gasteiger partial charge on any atom is 0.251 e. The summed E-state index contributed by atoms with van der Waals surface area (Å²) in [7, 11) is 0. The molecule has 36 heavy (non-hydrogen) atoms. The van der Waals surface area contributed by atoms with E-state index in [1.165, 1.54) is 24.0 Å². The lowest BCUT2D eigenvalue weighted by molar-refractivity contribution is 0.0953. The van der Waals surface area contributed by atoms with E-state index in [1.807, 2.05) is 12.1 Å². The van der Waals surface area contributed by atoms with Crippen LogP contribution in [0.1, 0.15) is 62.7 Å². The van der Waals surface area contributed by atoms with Crippen molar-refractivity contribution in [2.45, 2.75) is 58.9 Å². The van der Waals surface area contributed by atoms with Crippen LogP contribution >= 0.6 is 0 Å². The first-order chi connectivity index (χ1) is 17.7. The molecule has 0 saturated carbocycles. The number of hydrogen-bond donors (Lipinski definition) is 2. The Hall–Kier alpha value is -3.38. The van der Waals surface area contributed by atoms with Gasteiger partial charge in [0, 0.05) is 47.9 Å². The quantitative estimate of drug-likeness (QED) is 0.274. The normalized spacial score (nSPS) is 13.5.